The fourth-order valence-electron chi connectivity index (χ4n) is 5.33. The van der Waals surface area contributed by atoms with E-state index in [0.717, 1.165) is 12.8 Å². The summed E-state index contributed by atoms with van der Waals surface area (Å²) in [5.74, 6) is 0.404. The van der Waals surface area contributed by atoms with E-state index in [1.54, 1.807) is 7.11 Å². The maximum atomic E-state index is 11.5. The second-order valence-corrected chi connectivity index (χ2v) is 8.00. The molecule has 1 heterocycles. The van der Waals surface area contributed by atoms with Crippen LogP contribution in [0.15, 0.2) is 11.6 Å². The topological polar surface area (TPSA) is 44.8 Å². The zero-order valence-electron chi connectivity index (χ0n) is 14.3. The summed E-state index contributed by atoms with van der Waals surface area (Å²) in [6.07, 6.45) is 6.07. The van der Waals surface area contributed by atoms with E-state index in [9.17, 15) is 4.79 Å². The summed E-state index contributed by atoms with van der Waals surface area (Å²) < 4.78 is 16.9. The van der Waals surface area contributed by atoms with Gasteiger partial charge in [0.2, 0.25) is 6.29 Å². The van der Waals surface area contributed by atoms with Gasteiger partial charge in [0, 0.05) is 14.0 Å². The lowest BCUT2D eigenvalue weighted by atomic mass is 9.49. The second-order valence-electron chi connectivity index (χ2n) is 8.00. The van der Waals surface area contributed by atoms with Gasteiger partial charge in [-0.3, -0.25) is 4.79 Å². The smallest absolute Gasteiger partial charge is 0.304 e. The van der Waals surface area contributed by atoms with E-state index >= 15 is 0 Å². The number of allylic oxidation sites excluding steroid dienone is 1. The lowest BCUT2D eigenvalue weighted by Gasteiger charge is -2.56. The average molecular weight is 308 g/mol. The Kier molecular flexibility index (Phi) is 3.89. The molecule has 0 bridgehead atoms. The molecule has 1 saturated carbocycles. The van der Waals surface area contributed by atoms with Crippen molar-refractivity contribution < 1.29 is 19.0 Å². The third-order valence-electron chi connectivity index (χ3n) is 6.23. The van der Waals surface area contributed by atoms with Crippen LogP contribution in [0.25, 0.3) is 0 Å². The molecular weight excluding hydrogens is 280 g/mol. The van der Waals surface area contributed by atoms with Gasteiger partial charge in [0.1, 0.15) is 0 Å². The monoisotopic (exact) mass is 308 g/mol. The van der Waals surface area contributed by atoms with Crippen LogP contribution in [0.2, 0.25) is 0 Å². The van der Waals surface area contributed by atoms with Crippen LogP contribution in [0, 0.1) is 22.7 Å². The van der Waals surface area contributed by atoms with Crippen molar-refractivity contribution in [1.29, 1.82) is 0 Å². The van der Waals surface area contributed by atoms with Crippen molar-refractivity contribution in [2.45, 2.75) is 66.0 Å². The molecule has 5 atom stereocenters. The SMILES string of the molecule is COC1OC(OC(C)=O)C2C1=CCC1C(C)(C)CCCC21C. The molecule has 2 fully saturated rings. The lowest BCUT2D eigenvalue weighted by Crippen LogP contribution is -2.51. The molecule has 1 aliphatic heterocycles. The van der Waals surface area contributed by atoms with Crippen LogP contribution in [0.1, 0.15) is 53.4 Å². The summed E-state index contributed by atoms with van der Waals surface area (Å²) in [7, 11) is 1.65. The minimum absolute atomic E-state index is 0.0965. The number of esters is 1. The van der Waals surface area contributed by atoms with Gasteiger partial charge in [-0.05, 0) is 41.6 Å². The number of carbonyl (C=O) groups excluding carboxylic acids is 1. The largest absolute Gasteiger partial charge is 0.435 e. The van der Waals surface area contributed by atoms with Crippen LogP contribution in [-0.4, -0.2) is 25.7 Å². The molecule has 0 aromatic heterocycles. The van der Waals surface area contributed by atoms with E-state index in [-0.39, 0.29) is 23.6 Å². The van der Waals surface area contributed by atoms with E-state index in [0.29, 0.717) is 11.3 Å². The summed E-state index contributed by atoms with van der Waals surface area (Å²) in [4.78, 5) is 11.5. The molecule has 2 aliphatic carbocycles. The molecule has 5 unspecified atom stereocenters. The molecule has 0 aromatic carbocycles. The van der Waals surface area contributed by atoms with Gasteiger partial charge >= 0.3 is 5.97 Å². The molecule has 4 heteroatoms. The van der Waals surface area contributed by atoms with Crippen molar-refractivity contribution in [3.63, 3.8) is 0 Å². The third kappa shape index (κ3) is 2.31. The number of rotatable bonds is 2. The predicted molar refractivity (Wildman–Crippen MR) is 82.9 cm³/mol. The molecule has 0 aromatic rings. The molecule has 0 N–H and O–H groups in total. The summed E-state index contributed by atoms with van der Waals surface area (Å²) >= 11 is 0. The van der Waals surface area contributed by atoms with Crippen molar-refractivity contribution in [2.75, 3.05) is 7.11 Å². The number of ether oxygens (including phenoxy) is 3. The predicted octanol–water partition coefficient (Wildman–Crippen LogP) is 3.66. The Bertz CT molecular complexity index is 495. The Morgan fingerprint density at radius 1 is 1.32 bits per heavy atom. The first-order valence-electron chi connectivity index (χ1n) is 8.35. The standard InChI is InChI=1S/C18H28O4/c1-11(19)21-16-14-12(15(20-5)22-16)7-8-13-17(2,3)9-6-10-18(13,14)4/h7,13-16H,6,8-10H2,1-5H3. The maximum absolute atomic E-state index is 11.5. The van der Waals surface area contributed by atoms with Crippen LogP contribution in [-0.2, 0) is 19.0 Å². The maximum Gasteiger partial charge on any atom is 0.304 e. The van der Waals surface area contributed by atoms with Gasteiger partial charge in [0.05, 0.1) is 5.92 Å². The Morgan fingerprint density at radius 3 is 2.68 bits per heavy atom. The zero-order valence-corrected chi connectivity index (χ0v) is 14.3. The highest BCUT2D eigenvalue weighted by molar-refractivity contribution is 5.66. The molecule has 3 rings (SSSR count). The Hall–Kier alpha value is -0.870. The minimum Gasteiger partial charge on any atom is -0.435 e. The highest BCUT2D eigenvalue weighted by atomic mass is 16.8. The molecule has 0 radical (unpaired) electrons. The average Bonchev–Trinajstić information content (AvgIpc) is 2.76. The van der Waals surface area contributed by atoms with E-state index in [1.807, 2.05) is 0 Å². The molecule has 22 heavy (non-hydrogen) atoms. The van der Waals surface area contributed by atoms with Crippen molar-refractivity contribution in [3.05, 3.63) is 11.6 Å². The Morgan fingerprint density at radius 2 is 2.05 bits per heavy atom. The van der Waals surface area contributed by atoms with Crippen LogP contribution in [0.3, 0.4) is 0 Å². The third-order valence-corrected chi connectivity index (χ3v) is 6.23. The first-order chi connectivity index (χ1) is 10.3. The van der Waals surface area contributed by atoms with Gasteiger partial charge in [-0.15, -0.1) is 0 Å². The zero-order chi connectivity index (χ0) is 16.1. The molecule has 124 valence electrons. The molecule has 0 amide bonds. The van der Waals surface area contributed by atoms with Crippen molar-refractivity contribution in [3.8, 4) is 0 Å². The fraction of sp³-hybridized carbons (Fsp3) is 0.833. The van der Waals surface area contributed by atoms with Gasteiger partial charge in [-0.25, -0.2) is 0 Å². The summed E-state index contributed by atoms with van der Waals surface area (Å²) in [5, 5.41) is 0. The second kappa shape index (κ2) is 5.34. The van der Waals surface area contributed by atoms with E-state index < -0.39 is 6.29 Å². The highest BCUT2D eigenvalue weighted by Crippen LogP contribution is 2.62. The van der Waals surface area contributed by atoms with Gasteiger partial charge in [-0.1, -0.05) is 33.3 Å². The van der Waals surface area contributed by atoms with E-state index in [2.05, 4.69) is 26.8 Å². The minimum atomic E-state index is -0.518. The number of hydrogen-bond donors (Lipinski definition) is 0. The lowest BCUT2D eigenvalue weighted by molar-refractivity contribution is -0.215. The molecular formula is C18H28O4. The van der Waals surface area contributed by atoms with Crippen LogP contribution >= 0.6 is 0 Å². The van der Waals surface area contributed by atoms with Gasteiger partial charge in [-0.2, -0.15) is 0 Å². The van der Waals surface area contributed by atoms with Gasteiger partial charge in [0.15, 0.2) is 6.29 Å². The highest BCUT2D eigenvalue weighted by Gasteiger charge is 2.59. The number of hydrogen-bond acceptors (Lipinski definition) is 4. The fourth-order valence-corrected chi connectivity index (χ4v) is 5.33. The van der Waals surface area contributed by atoms with E-state index in [1.165, 1.54) is 25.3 Å². The quantitative estimate of drug-likeness (QED) is 0.577. The Balaban J connectivity index is 2.00. The molecule has 0 spiro atoms. The van der Waals surface area contributed by atoms with Crippen LogP contribution in [0.4, 0.5) is 0 Å². The van der Waals surface area contributed by atoms with Gasteiger partial charge in [0.25, 0.3) is 0 Å². The van der Waals surface area contributed by atoms with Crippen molar-refractivity contribution in [2.24, 2.45) is 22.7 Å². The summed E-state index contributed by atoms with van der Waals surface area (Å²) in [6, 6.07) is 0. The first-order valence-corrected chi connectivity index (χ1v) is 8.35. The van der Waals surface area contributed by atoms with E-state index in [4.69, 9.17) is 14.2 Å². The number of carbonyl (C=O) groups is 1. The van der Waals surface area contributed by atoms with Crippen molar-refractivity contribution in [1.82, 2.24) is 0 Å². The van der Waals surface area contributed by atoms with Crippen LogP contribution in [0.5, 0.6) is 0 Å². The first kappa shape index (κ1) is 16.0. The number of fused-ring (bicyclic) bond motifs is 3. The Labute approximate surface area is 133 Å². The normalized spacial score (nSPS) is 43.0. The summed E-state index contributed by atoms with van der Waals surface area (Å²) in [6.45, 7) is 8.55. The van der Waals surface area contributed by atoms with Crippen molar-refractivity contribution >= 4 is 5.97 Å². The van der Waals surface area contributed by atoms with Gasteiger partial charge < -0.3 is 14.2 Å². The number of methoxy groups -OCH3 is 1. The summed E-state index contributed by atoms with van der Waals surface area (Å²) in [5.41, 5.74) is 1.57. The molecule has 3 aliphatic rings. The van der Waals surface area contributed by atoms with Crippen LogP contribution < -0.4 is 0 Å². The molecule has 1 saturated heterocycles. The molecule has 4 nitrogen and oxygen atoms in total.